The maximum atomic E-state index is 11.9. The first kappa shape index (κ1) is 24.8. The highest BCUT2D eigenvalue weighted by Gasteiger charge is 2.37. The van der Waals surface area contributed by atoms with Gasteiger partial charge in [-0.15, -0.1) is 0 Å². The molecule has 2 unspecified atom stereocenters. The largest absolute Gasteiger partial charge is 0.790 e. The van der Waals surface area contributed by atoms with Crippen molar-refractivity contribution in [2.75, 3.05) is 12.3 Å². The van der Waals surface area contributed by atoms with Crippen molar-refractivity contribution in [1.82, 2.24) is 9.55 Å². The van der Waals surface area contributed by atoms with Crippen LogP contribution < -0.4 is 31.0 Å². The number of rotatable bonds is 8. The fourth-order valence-electron chi connectivity index (χ4n) is 2.15. The quantitative estimate of drug-likeness (QED) is 0.311. The van der Waals surface area contributed by atoms with Crippen molar-refractivity contribution < 1.29 is 56.3 Å². The molecule has 0 saturated carbocycles. The highest BCUT2D eigenvalue weighted by atomic mass is 79.9. The second-order valence-electron chi connectivity index (χ2n) is 5.40. The van der Waals surface area contributed by atoms with E-state index in [9.17, 15) is 43.2 Å². The smallest absolute Gasteiger partial charge is 0.351 e. The average Bonchev–Trinajstić information content (AvgIpc) is 2.86. The molecule has 16 nitrogen and oxygen atoms in total. The predicted octanol–water partition coefficient (Wildman–Crippen LogP) is -2.95. The summed E-state index contributed by atoms with van der Waals surface area (Å²) in [6.45, 7) is -0.983. The second-order valence-corrected chi connectivity index (χ2v) is 10.5. The number of hydrogen-bond acceptors (Lipinski definition) is 15. The molecule has 29 heavy (non-hydrogen) atoms. The summed E-state index contributed by atoms with van der Waals surface area (Å²) in [5, 5.41) is 9.95. The normalized spacial score (nSPS) is 26.8. The Labute approximate surface area is 169 Å². The van der Waals surface area contributed by atoms with Gasteiger partial charge in [-0.1, -0.05) is 0 Å². The minimum Gasteiger partial charge on any atom is -0.790 e. The molecule has 166 valence electrons. The number of nitrogens with two attached hydrogens (primary N) is 1. The molecule has 0 aromatic carbocycles. The lowest BCUT2D eigenvalue weighted by atomic mass is 10.2. The number of hydrogen-bond donors (Lipinski definition) is 2. The van der Waals surface area contributed by atoms with Crippen LogP contribution in [0.5, 0.6) is 0 Å². The van der Waals surface area contributed by atoms with E-state index in [4.69, 9.17) is 10.5 Å². The van der Waals surface area contributed by atoms with E-state index < -0.39 is 54.2 Å². The summed E-state index contributed by atoms with van der Waals surface area (Å²) in [6.07, 6.45) is -2.80. The SMILES string of the molecule is Nc1nc(=O)n([C@H]2C[C@H](O)[C@@H](COP(=O)([O-])OP(=O)([O-])OP(=O)([O-])[O-])O2)cc1Br. The zero-order chi connectivity index (χ0) is 22.2. The fraction of sp³-hybridized carbons (Fsp3) is 0.556. The number of aromatic nitrogens is 2. The van der Waals surface area contributed by atoms with Crippen LogP contribution in [0.3, 0.4) is 0 Å². The second kappa shape index (κ2) is 8.93. The van der Waals surface area contributed by atoms with Gasteiger partial charge in [0, 0.05) is 12.6 Å². The first-order chi connectivity index (χ1) is 13.1. The van der Waals surface area contributed by atoms with Crippen LogP contribution in [0.4, 0.5) is 5.82 Å². The number of aliphatic hydroxyl groups excluding tert-OH is 1. The van der Waals surface area contributed by atoms with E-state index in [0.717, 1.165) is 4.57 Å². The van der Waals surface area contributed by atoms with Crippen LogP contribution in [0, 0.1) is 0 Å². The zero-order valence-electron chi connectivity index (χ0n) is 13.8. The van der Waals surface area contributed by atoms with Crippen molar-refractivity contribution >= 4 is 45.2 Å². The first-order valence-electron chi connectivity index (χ1n) is 7.17. The fourth-order valence-corrected chi connectivity index (χ4v) is 5.32. The molecule has 1 aromatic rings. The molecule has 0 radical (unpaired) electrons. The van der Waals surface area contributed by atoms with Gasteiger partial charge < -0.3 is 44.2 Å². The Hall–Kier alpha value is -0.510. The highest BCUT2D eigenvalue weighted by molar-refractivity contribution is 9.10. The summed E-state index contributed by atoms with van der Waals surface area (Å²) in [5.41, 5.74) is 4.62. The van der Waals surface area contributed by atoms with Crippen molar-refractivity contribution in [3.63, 3.8) is 0 Å². The summed E-state index contributed by atoms with van der Waals surface area (Å²) < 4.78 is 49.9. The number of phosphoric ester groups is 1. The van der Waals surface area contributed by atoms with Crippen molar-refractivity contribution in [3.05, 3.63) is 21.2 Å². The molecule has 1 fully saturated rings. The molecular weight excluding hydrogens is 531 g/mol. The Morgan fingerprint density at radius 1 is 1.28 bits per heavy atom. The number of anilines is 1. The number of ether oxygens (including phenoxy) is 1. The van der Waals surface area contributed by atoms with E-state index >= 15 is 0 Å². The van der Waals surface area contributed by atoms with Gasteiger partial charge in [-0.05, 0) is 15.9 Å². The average molecular weight is 542 g/mol. The summed E-state index contributed by atoms with van der Waals surface area (Å²) in [4.78, 5) is 58.5. The topological polar surface area (TPSA) is 262 Å². The molecule has 0 bridgehead atoms. The molecule has 3 N–H and O–H groups in total. The van der Waals surface area contributed by atoms with Crippen LogP contribution in [-0.2, 0) is 31.6 Å². The van der Waals surface area contributed by atoms with Crippen molar-refractivity contribution in [2.45, 2.75) is 24.9 Å². The van der Waals surface area contributed by atoms with E-state index in [2.05, 4.69) is 34.1 Å². The Morgan fingerprint density at radius 2 is 1.90 bits per heavy atom. The maximum absolute atomic E-state index is 11.9. The van der Waals surface area contributed by atoms with Gasteiger partial charge in [-0.2, -0.15) is 4.98 Å². The van der Waals surface area contributed by atoms with Gasteiger partial charge in [0.2, 0.25) is 0 Å². The van der Waals surface area contributed by atoms with Crippen LogP contribution in [-0.4, -0.2) is 33.5 Å². The van der Waals surface area contributed by atoms with Crippen LogP contribution in [0.15, 0.2) is 15.5 Å². The predicted molar refractivity (Wildman–Crippen MR) is 86.1 cm³/mol. The molecule has 2 rings (SSSR count). The summed E-state index contributed by atoms with van der Waals surface area (Å²) in [5.74, 6) is -0.0981. The third kappa shape index (κ3) is 7.29. The third-order valence-electron chi connectivity index (χ3n) is 3.25. The maximum Gasteiger partial charge on any atom is 0.351 e. The van der Waals surface area contributed by atoms with Crippen molar-refractivity contribution in [1.29, 1.82) is 0 Å². The molecule has 20 heteroatoms. The lowest BCUT2D eigenvalue weighted by molar-refractivity contribution is -0.339. The van der Waals surface area contributed by atoms with E-state index in [1.54, 1.807) is 0 Å². The highest BCUT2D eigenvalue weighted by Crippen LogP contribution is 2.60. The molecule has 1 aliphatic heterocycles. The molecule has 0 aliphatic carbocycles. The van der Waals surface area contributed by atoms with Gasteiger partial charge in [0.05, 0.1) is 25.0 Å². The van der Waals surface area contributed by atoms with Gasteiger partial charge in [0.25, 0.3) is 15.6 Å². The molecule has 1 saturated heterocycles. The molecule has 1 aliphatic rings. The standard InChI is InChI=1S/C9H15BrN3O13P3/c10-4-2-13(9(15)12-8(4)11)7-1-5(14)6(24-7)3-23-28(19,20)26-29(21,22)25-27(16,17)18/h2,5-7,14H,1,3H2,(H,19,20)(H,21,22)(H2,11,12,15)(H2,16,17,18)/p-4/t5-,6+,7+/m0/s1. The number of nitrogen functional groups attached to an aromatic ring is 1. The molecule has 1 aromatic heterocycles. The lowest BCUT2D eigenvalue weighted by Crippen LogP contribution is -2.29. The van der Waals surface area contributed by atoms with Gasteiger partial charge in [-0.3, -0.25) is 18.0 Å². The van der Waals surface area contributed by atoms with Crippen molar-refractivity contribution in [2.24, 2.45) is 0 Å². The Morgan fingerprint density at radius 3 is 2.48 bits per heavy atom. The van der Waals surface area contributed by atoms with Crippen LogP contribution >= 0.6 is 39.4 Å². The number of halogens is 1. The summed E-state index contributed by atoms with van der Waals surface area (Å²) in [7, 11) is -18.0. The number of aliphatic hydroxyl groups is 1. The van der Waals surface area contributed by atoms with E-state index in [-0.39, 0.29) is 16.7 Å². The van der Waals surface area contributed by atoms with Gasteiger partial charge in [-0.25, -0.2) is 9.11 Å². The van der Waals surface area contributed by atoms with Gasteiger partial charge in [0.1, 0.15) is 18.1 Å². The van der Waals surface area contributed by atoms with Crippen LogP contribution in [0.2, 0.25) is 0 Å². The van der Waals surface area contributed by atoms with Gasteiger partial charge >= 0.3 is 5.69 Å². The van der Waals surface area contributed by atoms with Crippen LogP contribution in [0.1, 0.15) is 12.6 Å². The zero-order valence-corrected chi connectivity index (χ0v) is 18.0. The summed E-state index contributed by atoms with van der Waals surface area (Å²) >= 11 is 3.05. The molecular formula is C9H11BrN3O13P3-4. The Balaban J connectivity index is 2.02. The Bertz CT molecular complexity index is 965. The number of nitrogens with zero attached hydrogens (tertiary/aromatic N) is 2. The number of phosphoric acid groups is 3. The minimum absolute atomic E-state index is 0.0981. The molecule has 5 atom stereocenters. The molecule has 0 spiro atoms. The molecule has 2 heterocycles. The lowest BCUT2D eigenvalue weighted by Gasteiger charge is -2.37. The monoisotopic (exact) mass is 541 g/mol. The summed E-state index contributed by atoms with van der Waals surface area (Å²) in [6, 6.07) is 0. The van der Waals surface area contributed by atoms with Crippen molar-refractivity contribution in [3.8, 4) is 0 Å². The van der Waals surface area contributed by atoms with E-state index in [1.807, 2.05) is 0 Å². The molecule has 0 amide bonds. The van der Waals surface area contributed by atoms with E-state index in [0.29, 0.717) is 0 Å². The van der Waals surface area contributed by atoms with E-state index in [1.165, 1.54) is 6.20 Å². The van der Waals surface area contributed by atoms with Crippen LogP contribution in [0.25, 0.3) is 0 Å². The Kier molecular flexibility index (Phi) is 7.62. The first-order valence-corrected chi connectivity index (χ1v) is 12.3. The van der Waals surface area contributed by atoms with Gasteiger partial charge in [0.15, 0.2) is 0 Å². The minimum atomic E-state index is -6.11. The third-order valence-corrected chi connectivity index (χ3v) is 7.52.